The van der Waals surface area contributed by atoms with E-state index in [4.69, 9.17) is 4.74 Å². The molecule has 3 heterocycles. The summed E-state index contributed by atoms with van der Waals surface area (Å²) < 4.78 is 47.3. The van der Waals surface area contributed by atoms with E-state index in [9.17, 15) is 18.0 Å². The second-order valence-corrected chi connectivity index (χ2v) is 6.93. The first-order valence-corrected chi connectivity index (χ1v) is 8.91. The van der Waals surface area contributed by atoms with Gasteiger partial charge in [-0.3, -0.25) is 9.89 Å². The van der Waals surface area contributed by atoms with E-state index in [1.165, 1.54) is 12.1 Å². The van der Waals surface area contributed by atoms with Crippen molar-refractivity contribution in [3.8, 4) is 0 Å². The topological polar surface area (TPSA) is 72.8 Å². The predicted molar refractivity (Wildman–Crippen MR) is 97.3 cm³/mol. The average molecular weight is 388 g/mol. The second-order valence-electron chi connectivity index (χ2n) is 6.93. The van der Waals surface area contributed by atoms with Gasteiger partial charge in [0.15, 0.2) is 0 Å². The van der Waals surface area contributed by atoms with Crippen LogP contribution in [0.1, 0.15) is 24.4 Å². The van der Waals surface area contributed by atoms with Crippen molar-refractivity contribution < 1.29 is 17.9 Å². The Morgan fingerprint density at radius 2 is 1.79 bits per heavy atom. The Balaban J connectivity index is 1.89. The number of nitrogens with one attached hydrogen (secondary N) is 1. The van der Waals surface area contributed by atoms with Crippen molar-refractivity contribution in [2.24, 2.45) is 0 Å². The maximum Gasteiger partial charge on any atom is 0.418 e. The van der Waals surface area contributed by atoms with E-state index in [2.05, 4.69) is 15.3 Å². The van der Waals surface area contributed by atoms with E-state index in [0.29, 0.717) is 53.9 Å². The van der Waals surface area contributed by atoms with Gasteiger partial charge in [0.1, 0.15) is 5.52 Å². The number of nitrogens with zero attached hydrogens (tertiary/aromatic N) is 3. The Labute approximate surface area is 155 Å². The Morgan fingerprint density at radius 1 is 1.07 bits per heavy atom. The molecule has 5 rings (SSSR count). The summed E-state index contributed by atoms with van der Waals surface area (Å²) in [7, 11) is 0. The molecule has 144 valence electrons. The first kappa shape index (κ1) is 17.2. The highest BCUT2D eigenvalue weighted by Crippen LogP contribution is 2.37. The molecule has 2 aromatic carbocycles. The Bertz CT molecular complexity index is 1270. The Morgan fingerprint density at radius 3 is 2.54 bits per heavy atom. The van der Waals surface area contributed by atoms with E-state index in [1.807, 2.05) is 0 Å². The first-order valence-electron chi connectivity index (χ1n) is 8.91. The molecule has 1 aliphatic rings. The molecule has 0 spiro atoms. The molecule has 0 amide bonds. The molecule has 28 heavy (non-hydrogen) atoms. The van der Waals surface area contributed by atoms with Crippen LogP contribution in [-0.4, -0.2) is 33.2 Å². The summed E-state index contributed by atoms with van der Waals surface area (Å²) in [6.45, 7) is 1.13. The molecule has 1 N–H and O–H groups in total. The van der Waals surface area contributed by atoms with Crippen LogP contribution in [0.3, 0.4) is 0 Å². The molecule has 2 aromatic heterocycles. The molecular weight excluding hydrogens is 373 g/mol. The van der Waals surface area contributed by atoms with Gasteiger partial charge in [0, 0.05) is 29.4 Å². The highest BCUT2D eigenvalue weighted by Gasteiger charge is 2.33. The van der Waals surface area contributed by atoms with Crippen LogP contribution in [-0.2, 0) is 10.9 Å². The minimum atomic E-state index is -4.57. The van der Waals surface area contributed by atoms with E-state index < -0.39 is 11.7 Å². The van der Waals surface area contributed by atoms with Gasteiger partial charge in [0.05, 0.1) is 28.7 Å². The number of halogens is 3. The van der Waals surface area contributed by atoms with Crippen LogP contribution in [0, 0.1) is 0 Å². The summed E-state index contributed by atoms with van der Waals surface area (Å²) in [5.74, 6) is 0. The number of alkyl halides is 3. The standard InChI is InChI=1S/C19H15F3N4O2/c20-19(21,22)14-9-23-24-17-11(14)1-2-13-16-12(17)3-4-15(16)25-26(18(13)27)10-5-7-28-8-6-10/h1-4,9-10,25H,5-8H2. The van der Waals surface area contributed by atoms with Crippen molar-refractivity contribution >= 4 is 32.6 Å². The van der Waals surface area contributed by atoms with Crippen LogP contribution >= 0.6 is 0 Å². The highest BCUT2D eigenvalue weighted by atomic mass is 19.4. The minimum absolute atomic E-state index is 0.0372. The normalized spacial score (nSPS) is 16.4. The lowest BCUT2D eigenvalue weighted by atomic mass is 10.1. The smallest absolute Gasteiger partial charge is 0.381 e. The van der Waals surface area contributed by atoms with E-state index in [0.717, 1.165) is 0 Å². The van der Waals surface area contributed by atoms with Crippen molar-refractivity contribution in [1.29, 1.82) is 0 Å². The van der Waals surface area contributed by atoms with Crippen molar-refractivity contribution in [1.82, 2.24) is 20.0 Å². The molecule has 4 aromatic rings. The molecule has 0 bridgehead atoms. The molecule has 9 heteroatoms. The zero-order valence-electron chi connectivity index (χ0n) is 14.6. The quantitative estimate of drug-likeness (QED) is 0.538. The van der Waals surface area contributed by atoms with Gasteiger partial charge in [0.25, 0.3) is 5.56 Å². The Hall–Kier alpha value is -2.94. The average Bonchev–Trinajstić information content (AvgIpc) is 3.02. The summed E-state index contributed by atoms with van der Waals surface area (Å²) in [5.41, 5.74) is -0.341. The zero-order chi connectivity index (χ0) is 19.5. The largest absolute Gasteiger partial charge is 0.418 e. The second kappa shape index (κ2) is 6.03. The van der Waals surface area contributed by atoms with Crippen molar-refractivity contribution in [3.63, 3.8) is 0 Å². The number of rotatable bonds is 1. The third-order valence-electron chi connectivity index (χ3n) is 5.34. The summed E-state index contributed by atoms with van der Waals surface area (Å²) in [6.07, 6.45) is -2.46. The van der Waals surface area contributed by atoms with Crippen LogP contribution in [0.15, 0.2) is 35.3 Å². The van der Waals surface area contributed by atoms with Gasteiger partial charge in [-0.1, -0.05) is 6.07 Å². The Kier molecular flexibility index (Phi) is 3.70. The lowest BCUT2D eigenvalue weighted by Crippen LogP contribution is -2.31. The molecule has 1 saturated heterocycles. The van der Waals surface area contributed by atoms with Crippen molar-refractivity contribution in [3.05, 3.63) is 46.4 Å². The number of aromatic nitrogens is 4. The third-order valence-corrected chi connectivity index (χ3v) is 5.34. The monoisotopic (exact) mass is 388 g/mol. The summed E-state index contributed by atoms with van der Waals surface area (Å²) in [5, 5.41) is 11.9. The third kappa shape index (κ3) is 2.50. The van der Waals surface area contributed by atoms with Crippen LogP contribution in [0.25, 0.3) is 32.6 Å². The number of hydrogen-bond donors (Lipinski definition) is 1. The molecule has 6 nitrogen and oxygen atoms in total. The highest BCUT2D eigenvalue weighted by molar-refractivity contribution is 6.18. The van der Waals surface area contributed by atoms with Crippen molar-refractivity contribution in [2.75, 3.05) is 13.2 Å². The number of fused-ring (bicyclic) bond motifs is 2. The van der Waals surface area contributed by atoms with Gasteiger partial charge in [-0.05, 0) is 31.0 Å². The molecule has 0 atom stereocenters. The van der Waals surface area contributed by atoms with Gasteiger partial charge in [-0.2, -0.15) is 18.3 Å². The summed E-state index contributed by atoms with van der Waals surface area (Å²) >= 11 is 0. The molecule has 0 saturated carbocycles. The summed E-state index contributed by atoms with van der Waals surface area (Å²) in [6, 6.07) is 6.18. The van der Waals surface area contributed by atoms with Gasteiger partial charge in [-0.25, -0.2) is 4.68 Å². The van der Waals surface area contributed by atoms with Gasteiger partial charge in [0.2, 0.25) is 0 Å². The van der Waals surface area contributed by atoms with Crippen LogP contribution in [0.4, 0.5) is 13.2 Å². The number of hydrogen-bond acceptors (Lipinski definition) is 4. The van der Waals surface area contributed by atoms with Crippen LogP contribution in [0.5, 0.6) is 0 Å². The molecular formula is C19H15F3N4O2. The van der Waals surface area contributed by atoms with Crippen LogP contribution in [0.2, 0.25) is 0 Å². The SMILES string of the molecule is O=c1c2ccc3c(C(F)(F)F)cnnc3c3ccc([nH]n1C1CCOCC1)c23. The predicted octanol–water partition coefficient (Wildman–Crippen LogP) is 3.80. The van der Waals surface area contributed by atoms with E-state index in [-0.39, 0.29) is 22.5 Å². The van der Waals surface area contributed by atoms with Gasteiger partial charge >= 0.3 is 6.18 Å². The zero-order valence-corrected chi connectivity index (χ0v) is 14.6. The minimum Gasteiger partial charge on any atom is -0.381 e. The molecule has 1 fully saturated rings. The van der Waals surface area contributed by atoms with E-state index >= 15 is 0 Å². The lowest BCUT2D eigenvalue weighted by Gasteiger charge is -2.24. The lowest BCUT2D eigenvalue weighted by molar-refractivity contribution is -0.136. The van der Waals surface area contributed by atoms with Crippen LogP contribution < -0.4 is 5.56 Å². The fourth-order valence-corrected chi connectivity index (χ4v) is 3.99. The molecule has 1 aliphatic heterocycles. The van der Waals surface area contributed by atoms with Gasteiger partial charge in [-0.15, -0.1) is 5.10 Å². The maximum absolute atomic E-state index is 13.5. The fraction of sp³-hybridized carbons (Fsp3) is 0.316. The maximum atomic E-state index is 13.5. The van der Waals surface area contributed by atoms with E-state index in [1.54, 1.807) is 16.8 Å². The number of ether oxygens (including phenoxy) is 1. The van der Waals surface area contributed by atoms with Gasteiger partial charge < -0.3 is 4.74 Å². The number of H-pyrrole nitrogens is 1. The number of aromatic amines is 1. The molecule has 0 radical (unpaired) electrons. The molecule has 0 unspecified atom stereocenters. The molecule has 0 aliphatic carbocycles. The summed E-state index contributed by atoms with van der Waals surface area (Å²) in [4.78, 5) is 13.2. The fourth-order valence-electron chi connectivity index (χ4n) is 3.99. The van der Waals surface area contributed by atoms with Crippen molar-refractivity contribution in [2.45, 2.75) is 25.1 Å². The first-order chi connectivity index (χ1) is 13.4.